The fourth-order valence-corrected chi connectivity index (χ4v) is 3.56. The van der Waals surface area contributed by atoms with Crippen molar-refractivity contribution in [3.05, 3.63) is 45.9 Å². The zero-order valence-electron chi connectivity index (χ0n) is 12.1. The van der Waals surface area contributed by atoms with E-state index in [1.54, 1.807) is 0 Å². The summed E-state index contributed by atoms with van der Waals surface area (Å²) in [6.07, 6.45) is 1.75. The van der Waals surface area contributed by atoms with E-state index in [1.807, 2.05) is 28.5 Å². The van der Waals surface area contributed by atoms with Crippen LogP contribution in [0.1, 0.15) is 28.0 Å². The zero-order chi connectivity index (χ0) is 14.8. The normalized spacial score (nSPS) is 17.6. The van der Waals surface area contributed by atoms with Crippen molar-refractivity contribution in [2.45, 2.75) is 19.8 Å². The Morgan fingerprint density at radius 2 is 2.29 bits per heavy atom. The number of amides is 1. The molecule has 1 aromatic carbocycles. The highest BCUT2D eigenvalue weighted by Gasteiger charge is 2.28. The van der Waals surface area contributed by atoms with Gasteiger partial charge in [0, 0.05) is 24.0 Å². The molecule has 21 heavy (non-hydrogen) atoms. The molecule has 0 saturated heterocycles. The molecule has 1 aliphatic heterocycles. The van der Waals surface area contributed by atoms with E-state index in [1.165, 1.54) is 16.9 Å². The summed E-state index contributed by atoms with van der Waals surface area (Å²) in [6, 6.07) is 8.14. The van der Waals surface area contributed by atoms with Crippen molar-refractivity contribution in [1.29, 1.82) is 0 Å². The second kappa shape index (κ2) is 5.95. The zero-order valence-corrected chi connectivity index (χ0v) is 12.9. The largest absolute Gasteiger partial charge is 0.330 e. The number of anilines is 1. The summed E-state index contributed by atoms with van der Waals surface area (Å²) in [5.74, 6) is 0.458. The first-order valence-electron chi connectivity index (χ1n) is 7.23. The highest BCUT2D eigenvalue weighted by atomic mass is 32.1. The minimum atomic E-state index is -0.00600. The fourth-order valence-electron chi connectivity index (χ4n) is 2.77. The number of nitrogens with two attached hydrogens (primary N) is 1. The molecule has 2 heterocycles. The molecule has 1 atom stereocenters. The highest BCUT2D eigenvalue weighted by Crippen LogP contribution is 2.30. The average molecular weight is 301 g/mol. The Bertz CT molecular complexity index is 652. The Balaban J connectivity index is 1.90. The lowest BCUT2D eigenvalue weighted by Crippen LogP contribution is -2.39. The number of para-hydroxylation sites is 1. The van der Waals surface area contributed by atoms with Gasteiger partial charge in [0.05, 0.1) is 5.01 Å². The molecule has 2 aromatic rings. The Morgan fingerprint density at radius 3 is 3.10 bits per heavy atom. The number of hydrogen-bond donors (Lipinski definition) is 1. The van der Waals surface area contributed by atoms with E-state index >= 15 is 0 Å². The summed E-state index contributed by atoms with van der Waals surface area (Å²) in [5, 5.41) is 2.77. The van der Waals surface area contributed by atoms with E-state index in [0.29, 0.717) is 18.2 Å². The molecule has 1 amide bonds. The van der Waals surface area contributed by atoms with Crippen LogP contribution in [0.2, 0.25) is 0 Å². The maximum absolute atomic E-state index is 12.8. The molecular formula is C16H19N3OS. The number of aromatic nitrogens is 1. The van der Waals surface area contributed by atoms with Gasteiger partial charge < -0.3 is 10.6 Å². The van der Waals surface area contributed by atoms with E-state index in [0.717, 1.165) is 30.1 Å². The third-order valence-electron chi connectivity index (χ3n) is 3.72. The molecule has 0 radical (unpaired) electrons. The van der Waals surface area contributed by atoms with Crippen molar-refractivity contribution in [3.8, 4) is 0 Å². The Kier molecular flexibility index (Phi) is 4.03. The van der Waals surface area contributed by atoms with E-state index < -0.39 is 0 Å². The van der Waals surface area contributed by atoms with Gasteiger partial charge >= 0.3 is 0 Å². The fraction of sp³-hybridized carbons (Fsp3) is 0.375. The number of carbonyl (C=O) groups is 1. The standard InChI is InChI=1S/C16H19N3OS/c1-11-8-12-4-2-3-5-14(12)19(9-11)16(20)13-10-21-15(18-13)6-7-17/h2-5,10-11H,6-9,17H2,1H3. The van der Waals surface area contributed by atoms with Gasteiger partial charge in [-0.3, -0.25) is 4.79 Å². The van der Waals surface area contributed by atoms with Gasteiger partial charge in [0.1, 0.15) is 5.69 Å². The number of carbonyl (C=O) groups excluding carboxylic acids is 1. The molecule has 5 heteroatoms. The molecule has 4 nitrogen and oxygen atoms in total. The quantitative estimate of drug-likeness (QED) is 0.947. The van der Waals surface area contributed by atoms with Crippen molar-refractivity contribution in [2.24, 2.45) is 11.7 Å². The third kappa shape index (κ3) is 2.84. The van der Waals surface area contributed by atoms with Crippen LogP contribution < -0.4 is 10.6 Å². The molecule has 0 bridgehead atoms. The van der Waals surface area contributed by atoms with Crippen molar-refractivity contribution >= 4 is 22.9 Å². The smallest absolute Gasteiger partial charge is 0.277 e. The number of benzene rings is 1. The lowest BCUT2D eigenvalue weighted by atomic mass is 9.94. The predicted octanol–water partition coefficient (Wildman–Crippen LogP) is 2.48. The van der Waals surface area contributed by atoms with Crippen LogP contribution in [-0.4, -0.2) is 24.0 Å². The Morgan fingerprint density at radius 1 is 1.48 bits per heavy atom. The van der Waals surface area contributed by atoms with E-state index in [4.69, 9.17) is 5.73 Å². The van der Waals surface area contributed by atoms with E-state index in [-0.39, 0.29) is 5.91 Å². The van der Waals surface area contributed by atoms with Gasteiger partial charge in [-0.15, -0.1) is 11.3 Å². The summed E-state index contributed by atoms with van der Waals surface area (Å²) in [6.45, 7) is 3.49. The first-order valence-corrected chi connectivity index (χ1v) is 8.11. The maximum atomic E-state index is 12.8. The van der Waals surface area contributed by atoms with Crippen LogP contribution in [0.4, 0.5) is 5.69 Å². The van der Waals surface area contributed by atoms with Crippen LogP contribution in [-0.2, 0) is 12.8 Å². The van der Waals surface area contributed by atoms with Crippen molar-refractivity contribution in [2.75, 3.05) is 18.0 Å². The van der Waals surface area contributed by atoms with Crippen LogP contribution in [0.25, 0.3) is 0 Å². The first kappa shape index (κ1) is 14.2. The van der Waals surface area contributed by atoms with Crippen molar-refractivity contribution < 1.29 is 4.79 Å². The van der Waals surface area contributed by atoms with Crippen LogP contribution in [0.15, 0.2) is 29.6 Å². The number of fused-ring (bicyclic) bond motifs is 1. The second-order valence-electron chi connectivity index (χ2n) is 5.52. The minimum Gasteiger partial charge on any atom is -0.330 e. The molecule has 2 N–H and O–H groups in total. The lowest BCUT2D eigenvalue weighted by molar-refractivity contribution is 0.0976. The summed E-state index contributed by atoms with van der Waals surface area (Å²) in [5.41, 5.74) is 8.34. The molecule has 1 aliphatic rings. The summed E-state index contributed by atoms with van der Waals surface area (Å²) in [7, 11) is 0. The van der Waals surface area contributed by atoms with Crippen LogP contribution in [0.5, 0.6) is 0 Å². The van der Waals surface area contributed by atoms with Crippen molar-refractivity contribution in [3.63, 3.8) is 0 Å². The summed E-state index contributed by atoms with van der Waals surface area (Å²) in [4.78, 5) is 19.1. The van der Waals surface area contributed by atoms with Crippen molar-refractivity contribution in [1.82, 2.24) is 4.98 Å². The highest BCUT2D eigenvalue weighted by molar-refractivity contribution is 7.09. The lowest BCUT2D eigenvalue weighted by Gasteiger charge is -2.32. The number of nitrogens with zero attached hydrogens (tertiary/aromatic N) is 2. The number of rotatable bonds is 3. The topological polar surface area (TPSA) is 59.2 Å². The molecular weight excluding hydrogens is 282 g/mol. The van der Waals surface area contributed by atoms with E-state index in [2.05, 4.69) is 18.0 Å². The van der Waals surface area contributed by atoms with Crippen LogP contribution >= 0.6 is 11.3 Å². The van der Waals surface area contributed by atoms with E-state index in [9.17, 15) is 4.79 Å². The van der Waals surface area contributed by atoms with Crippen LogP contribution in [0, 0.1) is 5.92 Å². The molecule has 110 valence electrons. The van der Waals surface area contributed by atoms with Gasteiger partial charge in [-0.2, -0.15) is 0 Å². The van der Waals surface area contributed by atoms with Gasteiger partial charge in [0.15, 0.2) is 0 Å². The predicted molar refractivity (Wildman–Crippen MR) is 85.9 cm³/mol. The number of thiazole rings is 1. The number of hydrogen-bond acceptors (Lipinski definition) is 4. The Labute approximate surface area is 128 Å². The van der Waals surface area contributed by atoms with Gasteiger partial charge in [0.25, 0.3) is 5.91 Å². The maximum Gasteiger partial charge on any atom is 0.277 e. The van der Waals surface area contributed by atoms with Gasteiger partial charge in [0.2, 0.25) is 0 Å². The van der Waals surface area contributed by atoms with Gasteiger partial charge in [-0.1, -0.05) is 25.1 Å². The molecule has 0 aliphatic carbocycles. The average Bonchev–Trinajstić information content (AvgIpc) is 2.94. The molecule has 0 spiro atoms. The summed E-state index contributed by atoms with van der Waals surface area (Å²) < 4.78 is 0. The SMILES string of the molecule is CC1Cc2ccccc2N(C(=O)c2csc(CCN)n2)C1. The molecule has 0 saturated carbocycles. The molecule has 1 aromatic heterocycles. The second-order valence-corrected chi connectivity index (χ2v) is 6.46. The Hall–Kier alpha value is -1.72. The minimum absolute atomic E-state index is 0.00600. The summed E-state index contributed by atoms with van der Waals surface area (Å²) >= 11 is 1.51. The molecule has 0 fully saturated rings. The molecule has 1 unspecified atom stereocenters. The van der Waals surface area contributed by atoms with Gasteiger partial charge in [-0.05, 0) is 30.5 Å². The molecule has 3 rings (SSSR count). The van der Waals surface area contributed by atoms with Gasteiger partial charge in [-0.25, -0.2) is 4.98 Å². The third-order valence-corrected chi connectivity index (χ3v) is 4.63. The monoisotopic (exact) mass is 301 g/mol. The van der Waals surface area contributed by atoms with Crippen LogP contribution in [0.3, 0.4) is 0 Å². The first-order chi connectivity index (χ1) is 10.2.